The molecular weight excluding hydrogens is 289 g/mol. The SMILES string of the molecule is C[C@@H](c1ccc(F)cc1)S(=O)(=O)Cc1ccc(C#N)cc1. The smallest absolute Gasteiger partial charge is 0.161 e. The van der Waals surface area contributed by atoms with Crippen LogP contribution >= 0.6 is 0 Å². The molecule has 0 saturated heterocycles. The number of rotatable bonds is 4. The molecule has 2 aromatic rings. The number of sulfone groups is 1. The summed E-state index contributed by atoms with van der Waals surface area (Å²) in [6, 6.07) is 13.9. The molecule has 0 spiro atoms. The van der Waals surface area contributed by atoms with Gasteiger partial charge in [0, 0.05) is 0 Å². The summed E-state index contributed by atoms with van der Waals surface area (Å²) in [5, 5.41) is 8.01. The molecule has 2 aromatic carbocycles. The summed E-state index contributed by atoms with van der Waals surface area (Å²) in [7, 11) is -3.40. The fourth-order valence-corrected chi connectivity index (χ4v) is 3.45. The van der Waals surface area contributed by atoms with Crippen LogP contribution in [0.4, 0.5) is 4.39 Å². The first-order valence-corrected chi connectivity index (χ1v) is 8.10. The van der Waals surface area contributed by atoms with Gasteiger partial charge in [-0.15, -0.1) is 0 Å². The third-order valence-corrected chi connectivity index (χ3v) is 5.41. The number of hydrogen-bond donors (Lipinski definition) is 0. The normalized spacial score (nSPS) is 12.6. The number of nitrogens with zero attached hydrogens (tertiary/aromatic N) is 1. The van der Waals surface area contributed by atoms with E-state index in [1.54, 1.807) is 31.2 Å². The number of benzene rings is 2. The first-order chi connectivity index (χ1) is 9.92. The molecule has 0 fully saturated rings. The quantitative estimate of drug-likeness (QED) is 0.870. The van der Waals surface area contributed by atoms with Crippen LogP contribution in [0.1, 0.15) is 28.9 Å². The van der Waals surface area contributed by atoms with Crippen LogP contribution in [0, 0.1) is 17.1 Å². The van der Waals surface area contributed by atoms with Crippen molar-refractivity contribution in [2.45, 2.75) is 17.9 Å². The zero-order valence-electron chi connectivity index (χ0n) is 11.5. The zero-order chi connectivity index (χ0) is 15.5. The molecule has 2 rings (SSSR count). The minimum absolute atomic E-state index is 0.114. The molecule has 5 heteroatoms. The number of nitriles is 1. The van der Waals surface area contributed by atoms with Gasteiger partial charge in [-0.2, -0.15) is 5.26 Å². The average Bonchev–Trinajstić information content (AvgIpc) is 2.48. The first kappa shape index (κ1) is 15.2. The third kappa shape index (κ3) is 3.67. The lowest BCUT2D eigenvalue weighted by molar-refractivity contribution is 0.584. The van der Waals surface area contributed by atoms with Gasteiger partial charge in [-0.05, 0) is 42.3 Å². The van der Waals surface area contributed by atoms with Crippen LogP contribution in [0.2, 0.25) is 0 Å². The maximum atomic E-state index is 12.9. The van der Waals surface area contributed by atoms with Crippen molar-refractivity contribution in [2.75, 3.05) is 0 Å². The Balaban J connectivity index is 2.21. The Morgan fingerprint density at radius 3 is 2.19 bits per heavy atom. The second-order valence-corrected chi connectivity index (χ2v) is 7.13. The molecule has 3 nitrogen and oxygen atoms in total. The van der Waals surface area contributed by atoms with Crippen LogP contribution in [0.15, 0.2) is 48.5 Å². The van der Waals surface area contributed by atoms with E-state index in [0.29, 0.717) is 16.7 Å². The molecule has 1 atom stereocenters. The zero-order valence-corrected chi connectivity index (χ0v) is 12.3. The molecule has 21 heavy (non-hydrogen) atoms. The second kappa shape index (κ2) is 6.06. The van der Waals surface area contributed by atoms with Crippen molar-refractivity contribution < 1.29 is 12.8 Å². The van der Waals surface area contributed by atoms with Gasteiger partial charge in [-0.3, -0.25) is 0 Å². The van der Waals surface area contributed by atoms with Crippen molar-refractivity contribution in [3.63, 3.8) is 0 Å². The summed E-state index contributed by atoms with van der Waals surface area (Å²) in [5.74, 6) is -0.507. The summed E-state index contributed by atoms with van der Waals surface area (Å²) in [4.78, 5) is 0. The van der Waals surface area contributed by atoms with E-state index in [0.717, 1.165) is 0 Å². The first-order valence-electron chi connectivity index (χ1n) is 6.38. The Morgan fingerprint density at radius 1 is 1.10 bits per heavy atom. The van der Waals surface area contributed by atoms with Gasteiger partial charge in [0.05, 0.1) is 22.6 Å². The van der Waals surface area contributed by atoms with Gasteiger partial charge in [-0.25, -0.2) is 12.8 Å². The van der Waals surface area contributed by atoms with Crippen LogP contribution < -0.4 is 0 Å². The van der Waals surface area contributed by atoms with E-state index in [1.165, 1.54) is 24.3 Å². The topological polar surface area (TPSA) is 57.9 Å². The molecule has 0 aliphatic rings. The Kier molecular flexibility index (Phi) is 4.39. The monoisotopic (exact) mass is 303 g/mol. The van der Waals surface area contributed by atoms with E-state index in [9.17, 15) is 12.8 Å². The summed E-state index contributed by atoms with van der Waals surface area (Å²) < 4.78 is 37.7. The predicted octanol–water partition coefficient (Wildman–Crippen LogP) is 3.37. The molecule has 0 aromatic heterocycles. The van der Waals surface area contributed by atoms with Crippen LogP contribution in [0.25, 0.3) is 0 Å². The highest BCUT2D eigenvalue weighted by Crippen LogP contribution is 2.25. The van der Waals surface area contributed by atoms with Crippen LogP contribution in [0.5, 0.6) is 0 Å². The van der Waals surface area contributed by atoms with Crippen molar-refractivity contribution in [1.82, 2.24) is 0 Å². The van der Waals surface area contributed by atoms with E-state index in [1.807, 2.05) is 6.07 Å². The largest absolute Gasteiger partial charge is 0.228 e. The third-order valence-electron chi connectivity index (χ3n) is 3.33. The maximum absolute atomic E-state index is 12.9. The van der Waals surface area contributed by atoms with Crippen LogP contribution in [-0.4, -0.2) is 8.42 Å². The number of hydrogen-bond acceptors (Lipinski definition) is 3. The standard InChI is InChI=1S/C16H14FNO2S/c1-12(15-6-8-16(17)9-7-15)21(19,20)11-14-4-2-13(10-18)3-5-14/h2-9,12H,11H2,1H3/t12-/m0/s1. The van der Waals surface area contributed by atoms with Crippen molar-refractivity contribution in [3.05, 3.63) is 71.0 Å². The van der Waals surface area contributed by atoms with Gasteiger partial charge >= 0.3 is 0 Å². The highest BCUT2D eigenvalue weighted by atomic mass is 32.2. The summed E-state index contributed by atoms with van der Waals surface area (Å²) in [5.41, 5.74) is 1.68. The molecule has 0 amide bonds. The van der Waals surface area contributed by atoms with E-state index in [-0.39, 0.29) is 5.75 Å². The Bertz CT molecular complexity index is 759. The minimum atomic E-state index is -3.40. The molecule has 0 unspecified atom stereocenters. The van der Waals surface area contributed by atoms with Crippen LogP contribution in [0.3, 0.4) is 0 Å². The lowest BCUT2D eigenvalue weighted by atomic mass is 10.2. The van der Waals surface area contributed by atoms with E-state index in [4.69, 9.17) is 5.26 Å². The lowest BCUT2D eigenvalue weighted by Gasteiger charge is -2.13. The van der Waals surface area contributed by atoms with Crippen molar-refractivity contribution >= 4 is 9.84 Å². The van der Waals surface area contributed by atoms with Crippen LogP contribution in [-0.2, 0) is 15.6 Å². The Morgan fingerprint density at radius 2 is 1.67 bits per heavy atom. The Labute approximate surface area is 123 Å². The molecule has 108 valence electrons. The van der Waals surface area contributed by atoms with Gasteiger partial charge in [-0.1, -0.05) is 24.3 Å². The minimum Gasteiger partial charge on any atom is -0.228 e. The van der Waals surface area contributed by atoms with Gasteiger partial charge < -0.3 is 0 Å². The van der Waals surface area contributed by atoms with Gasteiger partial charge in [0.25, 0.3) is 0 Å². The van der Waals surface area contributed by atoms with Crippen molar-refractivity contribution in [1.29, 1.82) is 5.26 Å². The molecule has 0 saturated carbocycles. The molecule has 0 aliphatic carbocycles. The molecule has 0 heterocycles. The maximum Gasteiger partial charge on any atom is 0.161 e. The average molecular weight is 303 g/mol. The second-order valence-electron chi connectivity index (χ2n) is 4.81. The summed E-state index contributed by atoms with van der Waals surface area (Å²) >= 11 is 0. The number of halogens is 1. The lowest BCUT2D eigenvalue weighted by Crippen LogP contribution is -2.13. The van der Waals surface area contributed by atoms with Crippen molar-refractivity contribution in [2.24, 2.45) is 0 Å². The fourth-order valence-electron chi connectivity index (χ4n) is 1.97. The molecule has 0 aliphatic heterocycles. The molecule has 0 N–H and O–H groups in total. The van der Waals surface area contributed by atoms with E-state index < -0.39 is 20.9 Å². The fraction of sp³-hybridized carbons (Fsp3) is 0.188. The van der Waals surface area contributed by atoms with Gasteiger partial charge in [0.15, 0.2) is 9.84 Å². The van der Waals surface area contributed by atoms with Gasteiger partial charge in [0.2, 0.25) is 0 Å². The summed E-state index contributed by atoms with van der Waals surface area (Å²) in [6.07, 6.45) is 0. The van der Waals surface area contributed by atoms with Gasteiger partial charge in [0.1, 0.15) is 5.82 Å². The molecule has 0 bridgehead atoms. The van der Waals surface area contributed by atoms with E-state index >= 15 is 0 Å². The molecule has 0 radical (unpaired) electrons. The predicted molar refractivity (Wildman–Crippen MR) is 78.6 cm³/mol. The van der Waals surface area contributed by atoms with Crippen molar-refractivity contribution in [3.8, 4) is 6.07 Å². The highest BCUT2D eigenvalue weighted by molar-refractivity contribution is 7.90. The Hall–Kier alpha value is -2.19. The molecular formula is C16H14FNO2S. The summed E-state index contributed by atoms with van der Waals surface area (Å²) in [6.45, 7) is 1.59. The van der Waals surface area contributed by atoms with E-state index in [2.05, 4.69) is 0 Å². The highest BCUT2D eigenvalue weighted by Gasteiger charge is 2.23.